The molecule has 0 spiro atoms. The van der Waals surface area contributed by atoms with E-state index in [1.54, 1.807) is 12.3 Å². The molecule has 2 unspecified atom stereocenters. The van der Waals surface area contributed by atoms with E-state index in [0.717, 1.165) is 24.0 Å². The summed E-state index contributed by atoms with van der Waals surface area (Å²) in [6.07, 6.45) is 2.72. The minimum Gasteiger partial charge on any atom is -0.361 e. The van der Waals surface area contributed by atoms with Gasteiger partial charge in [0.2, 0.25) is 0 Å². The summed E-state index contributed by atoms with van der Waals surface area (Å²) in [7, 11) is 2.04. The van der Waals surface area contributed by atoms with E-state index < -0.39 is 0 Å². The zero-order chi connectivity index (χ0) is 12.7. The molecule has 0 saturated carbocycles. The number of hydrogen-bond acceptors (Lipinski definition) is 2. The van der Waals surface area contributed by atoms with Crippen molar-refractivity contribution in [2.45, 2.75) is 12.5 Å². The van der Waals surface area contributed by atoms with Crippen LogP contribution in [0.4, 0.5) is 4.39 Å². The van der Waals surface area contributed by atoms with Crippen LogP contribution in [0.15, 0.2) is 24.4 Å². The van der Waals surface area contributed by atoms with E-state index in [4.69, 9.17) is 5.73 Å². The van der Waals surface area contributed by atoms with Gasteiger partial charge in [-0.15, -0.1) is 0 Å². The highest BCUT2D eigenvalue weighted by Gasteiger charge is 2.31. The van der Waals surface area contributed by atoms with Gasteiger partial charge in [-0.1, -0.05) is 6.07 Å². The average Bonchev–Trinajstić information content (AvgIpc) is 2.96. The third-order valence-corrected chi connectivity index (χ3v) is 4.03. The van der Waals surface area contributed by atoms with Gasteiger partial charge in [0.15, 0.2) is 0 Å². The van der Waals surface area contributed by atoms with Gasteiger partial charge in [-0.25, -0.2) is 4.39 Å². The second-order valence-corrected chi connectivity index (χ2v) is 5.20. The Balaban J connectivity index is 2.01. The molecule has 1 aliphatic heterocycles. The van der Waals surface area contributed by atoms with Crippen molar-refractivity contribution in [3.05, 3.63) is 35.8 Å². The van der Waals surface area contributed by atoms with Crippen LogP contribution in [-0.2, 0) is 0 Å². The van der Waals surface area contributed by atoms with Crippen LogP contribution in [0.1, 0.15) is 18.0 Å². The first-order chi connectivity index (χ1) is 8.70. The largest absolute Gasteiger partial charge is 0.361 e. The van der Waals surface area contributed by atoms with Crippen LogP contribution >= 0.6 is 0 Å². The highest BCUT2D eigenvalue weighted by Crippen LogP contribution is 2.36. The number of fused-ring (bicyclic) bond motifs is 1. The Hall–Kier alpha value is -1.39. The number of halogens is 1. The van der Waals surface area contributed by atoms with Gasteiger partial charge in [0.25, 0.3) is 0 Å². The van der Waals surface area contributed by atoms with Crippen LogP contribution in [0.25, 0.3) is 10.9 Å². The number of aromatic nitrogens is 1. The Labute approximate surface area is 106 Å². The fourth-order valence-corrected chi connectivity index (χ4v) is 3.01. The number of nitrogens with one attached hydrogen (secondary N) is 1. The molecule has 96 valence electrons. The molecule has 2 heterocycles. The second kappa shape index (κ2) is 4.37. The maximum atomic E-state index is 14.5. The molecule has 0 radical (unpaired) electrons. The SMILES string of the molecule is CN1CC(CN)CC1c1ccc2[nH]ccc2c1F. The monoisotopic (exact) mass is 247 g/mol. The first-order valence-corrected chi connectivity index (χ1v) is 6.36. The van der Waals surface area contributed by atoms with Crippen LogP contribution in [0.2, 0.25) is 0 Å². The molecule has 2 aromatic rings. The molecule has 0 bridgehead atoms. The maximum absolute atomic E-state index is 14.5. The molecule has 1 saturated heterocycles. The van der Waals surface area contributed by atoms with E-state index >= 15 is 0 Å². The quantitative estimate of drug-likeness (QED) is 0.855. The molecule has 0 aliphatic carbocycles. The summed E-state index contributed by atoms with van der Waals surface area (Å²) < 4.78 is 14.5. The predicted octanol–water partition coefficient (Wildman–Crippen LogP) is 2.26. The molecule has 1 aromatic carbocycles. The van der Waals surface area contributed by atoms with Gasteiger partial charge < -0.3 is 10.7 Å². The Bertz CT molecular complexity index is 563. The molecule has 4 heteroatoms. The number of hydrogen-bond donors (Lipinski definition) is 2. The Morgan fingerprint density at radius 2 is 2.28 bits per heavy atom. The fourth-order valence-electron chi connectivity index (χ4n) is 3.01. The van der Waals surface area contributed by atoms with Crippen molar-refractivity contribution in [3.8, 4) is 0 Å². The molecule has 3 N–H and O–H groups in total. The van der Waals surface area contributed by atoms with Gasteiger partial charge in [0.1, 0.15) is 5.82 Å². The molecule has 3 nitrogen and oxygen atoms in total. The number of rotatable bonds is 2. The standard InChI is InChI=1S/C14H18FN3/c1-18-8-9(7-16)6-13(18)11-2-3-12-10(14(11)15)4-5-17-12/h2-5,9,13,17H,6-8,16H2,1H3. The zero-order valence-corrected chi connectivity index (χ0v) is 10.5. The lowest BCUT2D eigenvalue weighted by molar-refractivity contribution is 0.307. The van der Waals surface area contributed by atoms with Crippen molar-refractivity contribution in [2.75, 3.05) is 20.1 Å². The van der Waals surface area contributed by atoms with Crippen molar-refractivity contribution < 1.29 is 4.39 Å². The fraction of sp³-hybridized carbons (Fsp3) is 0.429. The van der Waals surface area contributed by atoms with E-state index in [1.807, 2.05) is 19.2 Å². The van der Waals surface area contributed by atoms with Crippen molar-refractivity contribution in [1.29, 1.82) is 0 Å². The number of nitrogens with zero attached hydrogens (tertiary/aromatic N) is 1. The van der Waals surface area contributed by atoms with Gasteiger partial charge in [-0.2, -0.15) is 0 Å². The van der Waals surface area contributed by atoms with Crippen LogP contribution in [0, 0.1) is 11.7 Å². The number of H-pyrrole nitrogens is 1. The van der Waals surface area contributed by atoms with Gasteiger partial charge in [-0.05, 0) is 38.1 Å². The lowest BCUT2D eigenvalue weighted by Gasteiger charge is -2.20. The third kappa shape index (κ3) is 1.72. The van der Waals surface area contributed by atoms with Gasteiger partial charge >= 0.3 is 0 Å². The van der Waals surface area contributed by atoms with Crippen molar-refractivity contribution in [2.24, 2.45) is 11.7 Å². The summed E-state index contributed by atoms with van der Waals surface area (Å²) in [6.45, 7) is 1.63. The first kappa shape index (κ1) is 11.7. The second-order valence-electron chi connectivity index (χ2n) is 5.20. The first-order valence-electron chi connectivity index (χ1n) is 6.36. The molecule has 1 aromatic heterocycles. The molecule has 3 rings (SSSR count). The number of likely N-dealkylation sites (tertiary alicyclic amines) is 1. The molecule has 18 heavy (non-hydrogen) atoms. The molecule has 1 aliphatic rings. The molecule has 1 fully saturated rings. The van der Waals surface area contributed by atoms with Crippen molar-refractivity contribution >= 4 is 10.9 Å². The van der Waals surface area contributed by atoms with E-state index in [9.17, 15) is 4.39 Å². The summed E-state index contributed by atoms with van der Waals surface area (Å²) in [5.41, 5.74) is 7.37. The molecular weight excluding hydrogens is 229 g/mol. The normalized spacial score (nSPS) is 25.1. The molecular formula is C14H18FN3. The van der Waals surface area contributed by atoms with Gasteiger partial charge in [0.05, 0.1) is 0 Å². The topological polar surface area (TPSA) is 45.0 Å². The Kier molecular flexibility index (Phi) is 2.84. The minimum absolute atomic E-state index is 0.0942. The van der Waals surface area contributed by atoms with E-state index in [1.165, 1.54) is 0 Å². The molecule has 2 atom stereocenters. The van der Waals surface area contributed by atoms with Gasteiger partial charge in [0, 0.05) is 35.2 Å². The lowest BCUT2D eigenvalue weighted by Crippen LogP contribution is -2.21. The molecule has 0 amide bonds. The van der Waals surface area contributed by atoms with Crippen LogP contribution < -0.4 is 5.73 Å². The average molecular weight is 247 g/mol. The summed E-state index contributed by atoms with van der Waals surface area (Å²) in [6, 6.07) is 5.80. The Morgan fingerprint density at radius 3 is 3.00 bits per heavy atom. The van der Waals surface area contributed by atoms with Crippen molar-refractivity contribution in [1.82, 2.24) is 9.88 Å². The predicted molar refractivity (Wildman–Crippen MR) is 70.8 cm³/mol. The van der Waals surface area contributed by atoms with Crippen LogP contribution in [0.3, 0.4) is 0 Å². The number of aromatic amines is 1. The summed E-state index contributed by atoms with van der Waals surface area (Å²) >= 11 is 0. The van der Waals surface area contributed by atoms with Crippen molar-refractivity contribution in [3.63, 3.8) is 0 Å². The highest BCUT2D eigenvalue weighted by atomic mass is 19.1. The lowest BCUT2D eigenvalue weighted by atomic mass is 9.98. The minimum atomic E-state index is -0.0942. The van der Waals surface area contributed by atoms with Crippen LogP contribution in [0.5, 0.6) is 0 Å². The highest BCUT2D eigenvalue weighted by molar-refractivity contribution is 5.80. The van der Waals surface area contributed by atoms with E-state index in [2.05, 4.69) is 9.88 Å². The number of benzene rings is 1. The summed E-state index contributed by atoms with van der Waals surface area (Å²) in [5.74, 6) is 0.379. The summed E-state index contributed by atoms with van der Waals surface area (Å²) in [5, 5.41) is 0.678. The number of nitrogens with two attached hydrogens (primary N) is 1. The van der Waals surface area contributed by atoms with E-state index in [-0.39, 0.29) is 11.9 Å². The van der Waals surface area contributed by atoms with E-state index in [0.29, 0.717) is 17.8 Å². The Morgan fingerprint density at radius 1 is 1.44 bits per heavy atom. The maximum Gasteiger partial charge on any atom is 0.137 e. The zero-order valence-electron chi connectivity index (χ0n) is 10.5. The summed E-state index contributed by atoms with van der Waals surface area (Å²) in [4.78, 5) is 5.24. The third-order valence-electron chi connectivity index (χ3n) is 4.03. The smallest absolute Gasteiger partial charge is 0.137 e. The van der Waals surface area contributed by atoms with Gasteiger partial charge in [-0.3, -0.25) is 4.90 Å². The van der Waals surface area contributed by atoms with Crippen LogP contribution in [-0.4, -0.2) is 30.0 Å².